The summed E-state index contributed by atoms with van der Waals surface area (Å²) >= 11 is 0. The Morgan fingerprint density at radius 2 is 1.94 bits per heavy atom. The van der Waals surface area contributed by atoms with Crippen LogP contribution in [0.4, 0.5) is 0 Å². The molecule has 3 aromatic rings. The van der Waals surface area contributed by atoms with Crippen molar-refractivity contribution in [2.75, 3.05) is 0 Å². The van der Waals surface area contributed by atoms with Crippen molar-refractivity contribution in [1.29, 1.82) is 0 Å². The first kappa shape index (κ1) is 10.1. The number of nitrogens with two attached hydrogens (primary N) is 1. The molecule has 0 radical (unpaired) electrons. The maximum atomic E-state index is 5.57. The van der Waals surface area contributed by atoms with E-state index in [1.807, 2.05) is 41.2 Å². The summed E-state index contributed by atoms with van der Waals surface area (Å²) in [5.74, 6) is 1.68. The molecule has 0 bridgehead atoms. The Bertz CT molecular complexity index is 639. The van der Waals surface area contributed by atoms with Crippen LogP contribution in [0.25, 0.3) is 10.9 Å². The Morgan fingerprint density at radius 1 is 1.12 bits per heavy atom. The number of rotatable bonds is 3. The van der Waals surface area contributed by atoms with Crippen LogP contribution in [0.15, 0.2) is 47.0 Å². The number of furan rings is 1. The molecule has 0 saturated carbocycles. The molecule has 0 unspecified atom stereocenters. The average molecular weight is 227 g/mol. The normalized spacial score (nSPS) is 11.1. The van der Waals surface area contributed by atoms with Crippen molar-refractivity contribution >= 4 is 10.9 Å². The van der Waals surface area contributed by atoms with E-state index in [1.165, 1.54) is 0 Å². The molecule has 2 N–H and O–H groups in total. The first-order valence-corrected chi connectivity index (χ1v) is 5.55. The second-order valence-corrected chi connectivity index (χ2v) is 3.93. The van der Waals surface area contributed by atoms with E-state index in [0.717, 1.165) is 22.4 Å². The molecule has 0 aliphatic heterocycles. The maximum Gasteiger partial charge on any atom is 0.125 e. The molecule has 0 spiro atoms. The minimum absolute atomic E-state index is 0.430. The fourth-order valence-corrected chi connectivity index (χ4v) is 1.92. The topological polar surface area (TPSA) is 57.0 Å². The van der Waals surface area contributed by atoms with E-state index in [1.54, 1.807) is 0 Å². The number of hydrogen-bond donors (Lipinski definition) is 1. The van der Waals surface area contributed by atoms with Crippen LogP contribution in [0.1, 0.15) is 11.5 Å². The zero-order valence-electron chi connectivity index (χ0n) is 9.34. The summed E-state index contributed by atoms with van der Waals surface area (Å²) < 4.78 is 7.49. The molecule has 0 aliphatic rings. The summed E-state index contributed by atoms with van der Waals surface area (Å²) in [6.07, 6.45) is 1.86. The summed E-state index contributed by atoms with van der Waals surface area (Å²) in [7, 11) is 0. The maximum absolute atomic E-state index is 5.57. The van der Waals surface area contributed by atoms with Gasteiger partial charge in [0, 0.05) is 5.39 Å². The summed E-state index contributed by atoms with van der Waals surface area (Å²) in [6, 6.07) is 12.0. The van der Waals surface area contributed by atoms with Gasteiger partial charge in [0.15, 0.2) is 0 Å². The number of fused-ring (bicyclic) bond motifs is 1. The number of hydrogen-bond acceptors (Lipinski definition) is 3. The fourth-order valence-electron chi connectivity index (χ4n) is 1.92. The van der Waals surface area contributed by atoms with Crippen molar-refractivity contribution in [3.63, 3.8) is 0 Å². The van der Waals surface area contributed by atoms with Crippen molar-refractivity contribution in [2.24, 2.45) is 5.73 Å². The molecular weight excluding hydrogens is 214 g/mol. The van der Waals surface area contributed by atoms with E-state index in [4.69, 9.17) is 10.2 Å². The summed E-state index contributed by atoms with van der Waals surface area (Å²) in [4.78, 5) is 0. The number of nitrogens with zero attached hydrogens (tertiary/aromatic N) is 2. The molecule has 0 saturated heterocycles. The molecule has 4 heteroatoms. The van der Waals surface area contributed by atoms with Gasteiger partial charge in [-0.05, 0) is 18.2 Å². The van der Waals surface area contributed by atoms with E-state index in [2.05, 4.69) is 11.2 Å². The smallest absolute Gasteiger partial charge is 0.125 e. The van der Waals surface area contributed by atoms with Crippen molar-refractivity contribution in [3.05, 3.63) is 54.1 Å². The van der Waals surface area contributed by atoms with Crippen molar-refractivity contribution in [1.82, 2.24) is 9.78 Å². The van der Waals surface area contributed by atoms with E-state index in [-0.39, 0.29) is 0 Å². The van der Waals surface area contributed by atoms with Gasteiger partial charge in [-0.2, -0.15) is 5.10 Å². The Balaban J connectivity index is 1.94. The van der Waals surface area contributed by atoms with E-state index >= 15 is 0 Å². The second kappa shape index (κ2) is 4.07. The standard InChI is InChI=1S/C13H13N3O/c14-7-11-5-6-12(17-11)9-16-13-4-2-1-3-10(13)8-15-16/h1-6,8H,7,9,14H2. The third-order valence-electron chi connectivity index (χ3n) is 2.78. The average Bonchev–Trinajstić information content (AvgIpc) is 2.97. The van der Waals surface area contributed by atoms with E-state index < -0.39 is 0 Å². The third-order valence-corrected chi connectivity index (χ3v) is 2.78. The lowest BCUT2D eigenvalue weighted by Gasteiger charge is -2.00. The lowest BCUT2D eigenvalue weighted by atomic mass is 10.2. The summed E-state index contributed by atoms with van der Waals surface area (Å²) in [5.41, 5.74) is 6.62. The Morgan fingerprint density at radius 3 is 2.76 bits per heavy atom. The highest BCUT2D eigenvalue weighted by molar-refractivity contribution is 5.78. The van der Waals surface area contributed by atoms with Gasteiger partial charge >= 0.3 is 0 Å². The number of benzene rings is 1. The molecule has 4 nitrogen and oxygen atoms in total. The van der Waals surface area contributed by atoms with Gasteiger partial charge in [-0.3, -0.25) is 4.68 Å². The van der Waals surface area contributed by atoms with Crippen LogP contribution >= 0.6 is 0 Å². The Hall–Kier alpha value is -2.07. The van der Waals surface area contributed by atoms with Crippen LogP contribution in [0.2, 0.25) is 0 Å². The molecular formula is C13H13N3O. The zero-order chi connectivity index (χ0) is 11.7. The number of para-hydroxylation sites is 1. The van der Waals surface area contributed by atoms with Gasteiger partial charge < -0.3 is 10.2 Å². The molecule has 1 aromatic carbocycles. The van der Waals surface area contributed by atoms with Gasteiger partial charge in [0.2, 0.25) is 0 Å². The third kappa shape index (κ3) is 1.83. The van der Waals surface area contributed by atoms with E-state index in [0.29, 0.717) is 13.1 Å². The molecule has 2 aromatic heterocycles. The van der Waals surface area contributed by atoms with Gasteiger partial charge in [0.1, 0.15) is 11.5 Å². The molecule has 2 heterocycles. The molecule has 17 heavy (non-hydrogen) atoms. The van der Waals surface area contributed by atoms with E-state index in [9.17, 15) is 0 Å². The highest BCUT2D eigenvalue weighted by Gasteiger charge is 2.05. The minimum atomic E-state index is 0.430. The predicted octanol–water partition coefficient (Wildman–Crippen LogP) is 2.14. The van der Waals surface area contributed by atoms with Crippen LogP contribution < -0.4 is 5.73 Å². The molecule has 0 atom stereocenters. The van der Waals surface area contributed by atoms with Crippen LogP contribution in [-0.2, 0) is 13.1 Å². The fraction of sp³-hybridized carbons (Fsp3) is 0.154. The van der Waals surface area contributed by atoms with Crippen molar-refractivity contribution in [2.45, 2.75) is 13.1 Å². The quantitative estimate of drug-likeness (QED) is 0.745. The van der Waals surface area contributed by atoms with Crippen molar-refractivity contribution in [3.8, 4) is 0 Å². The van der Waals surface area contributed by atoms with Crippen LogP contribution in [0.5, 0.6) is 0 Å². The van der Waals surface area contributed by atoms with Gasteiger partial charge in [-0.1, -0.05) is 18.2 Å². The Kier molecular flexibility index (Phi) is 2.42. The monoisotopic (exact) mass is 227 g/mol. The summed E-state index contributed by atoms with van der Waals surface area (Å²) in [5, 5.41) is 5.49. The highest BCUT2D eigenvalue weighted by Crippen LogP contribution is 2.15. The van der Waals surface area contributed by atoms with Gasteiger partial charge in [0.05, 0.1) is 24.8 Å². The second-order valence-electron chi connectivity index (χ2n) is 3.93. The van der Waals surface area contributed by atoms with Gasteiger partial charge in [-0.15, -0.1) is 0 Å². The first-order chi connectivity index (χ1) is 8.36. The van der Waals surface area contributed by atoms with Gasteiger partial charge in [0.25, 0.3) is 0 Å². The lowest BCUT2D eigenvalue weighted by Crippen LogP contribution is -2.00. The van der Waals surface area contributed by atoms with Crippen molar-refractivity contribution < 1.29 is 4.42 Å². The predicted molar refractivity (Wildman–Crippen MR) is 65.4 cm³/mol. The Labute approximate surface area is 98.6 Å². The first-order valence-electron chi connectivity index (χ1n) is 5.55. The van der Waals surface area contributed by atoms with Crippen LogP contribution in [0.3, 0.4) is 0 Å². The molecule has 3 rings (SSSR count). The van der Waals surface area contributed by atoms with Gasteiger partial charge in [-0.25, -0.2) is 0 Å². The zero-order valence-corrected chi connectivity index (χ0v) is 9.34. The molecule has 0 amide bonds. The van der Waals surface area contributed by atoms with Crippen LogP contribution in [-0.4, -0.2) is 9.78 Å². The SMILES string of the molecule is NCc1ccc(Cn2ncc3ccccc32)o1. The lowest BCUT2D eigenvalue weighted by molar-refractivity contribution is 0.449. The largest absolute Gasteiger partial charge is 0.463 e. The molecule has 0 fully saturated rings. The van der Waals surface area contributed by atoms with Crippen LogP contribution in [0, 0.1) is 0 Å². The molecule has 0 aliphatic carbocycles. The number of aromatic nitrogens is 2. The highest BCUT2D eigenvalue weighted by atomic mass is 16.3. The minimum Gasteiger partial charge on any atom is -0.463 e. The summed E-state index contributed by atoms with van der Waals surface area (Å²) in [6.45, 7) is 1.06. The molecule has 86 valence electrons.